The Morgan fingerprint density at radius 2 is 1.93 bits per heavy atom. The fourth-order valence-electron chi connectivity index (χ4n) is 2.51. The van der Waals surface area contributed by atoms with Crippen molar-refractivity contribution in [3.8, 4) is 0 Å². The maximum atomic E-state index is 12.0. The number of esters is 2. The van der Waals surface area contributed by atoms with Crippen molar-refractivity contribution in [2.45, 2.75) is 31.9 Å². The van der Waals surface area contributed by atoms with E-state index in [1.165, 1.54) is 36.4 Å². The smallest absolute Gasteiger partial charge is 0.321 e. The molecule has 150 valence electrons. The van der Waals surface area contributed by atoms with Crippen LogP contribution in [0, 0.1) is 10.1 Å². The molecule has 11 nitrogen and oxygen atoms in total. The third-order valence-electron chi connectivity index (χ3n) is 4.02. The number of ketones is 1. The van der Waals surface area contributed by atoms with Crippen LogP contribution < -0.4 is 5.43 Å². The molecule has 0 saturated carbocycles. The Hall–Kier alpha value is -3.34. The number of carbonyl (C=O) groups is 4. The van der Waals surface area contributed by atoms with E-state index in [9.17, 15) is 29.3 Å². The fourth-order valence-corrected chi connectivity index (χ4v) is 2.51. The quantitative estimate of drug-likeness (QED) is 0.194. The maximum absolute atomic E-state index is 12.0. The van der Waals surface area contributed by atoms with Crippen molar-refractivity contribution in [1.29, 1.82) is 0 Å². The molecule has 1 aliphatic heterocycles. The highest BCUT2D eigenvalue weighted by Gasteiger charge is 2.38. The standard InChI is InChI=1S/C17H19N3O8/c1-27-17(24)9-18-19-13(7-15(19)22)6-14(21)8-16(23)28-10-11-2-4-12(5-3-11)20(25)26/h2-5,13,18H,6-10H2,1H3. The first-order chi connectivity index (χ1) is 13.3. The van der Waals surface area contributed by atoms with E-state index in [-0.39, 0.29) is 37.6 Å². The van der Waals surface area contributed by atoms with E-state index >= 15 is 0 Å². The number of β-lactam (4-membered cyclic amide) rings is 1. The zero-order chi connectivity index (χ0) is 20.7. The molecule has 1 unspecified atom stereocenters. The van der Waals surface area contributed by atoms with Crippen LogP contribution in [0.2, 0.25) is 0 Å². The largest absolute Gasteiger partial charge is 0.468 e. The number of nitro benzene ring substituents is 1. The predicted molar refractivity (Wildman–Crippen MR) is 92.4 cm³/mol. The zero-order valence-electron chi connectivity index (χ0n) is 15.1. The first-order valence-electron chi connectivity index (χ1n) is 8.33. The predicted octanol–water partition coefficient (Wildman–Crippen LogP) is 0.266. The minimum atomic E-state index is -0.733. The highest BCUT2D eigenvalue weighted by atomic mass is 16.6. The van der Waals surface area contributed by atoms with Crippen molar-refractivity contribution >= 4 is 29.3 Å². The Morgan fingerprint density at radius 1 is 1.25 bits per heavy atom. The zero-order valence-corrected chi connectivity index (χ0v) is 15.1. The van der Waals surface area contributed by atoms with E-state index in [2.05, 4.69) is 10.2 Å². The van der Waals surface area contributed by atoms with Gasteiger partial charge in [0, 0.05) is 18.6 Å². The number of carbonyl (C=O) groups excluding carboxylic acids is 4. The number of hydrogen-bond donors (Lipinski definition) is 1. The van der Waals surface area contributed by atoms with Crippen LogP contribution in [0.4, 0.5) is 5.69 Å². The first-order valence-corrected chi connectivity index (χ1v) is 8.33. The van der Waals surface area contributed by atoms with Crippen LogP contribution in [0.25, 0.3) is 0 Å². The van der Waals surface area contributed by atoms with E-state index in [1.54, 1.807) is 0 Å². The average molecular weight is 393 g/mol. The second-order valence-corrected chi connectivity index (χ2v) is 6.04. The van der Waals surface area contributed by atoms with Gasteiger partial charge in [0.1, 0.15) is 25.4 Å². The number of non-ortho nitro benzene ring substituents is 1. The van der Waals surface area contributed by atoms with Crippen LogP contribution in [-0.4, -0.2) is 53.3 Å². The minimum absolute atomic E-state index is 0.0491. The minimum Gasteiger partial charge on any atom is -0.468 e. The van der Waals surface area contributed by atoms with Gasteiger partial charge in [0.25, 0.3) is 5.69 Å². The van der Waals surface area contributed by atoms with Crippen LogP contribution >= 0.6 is 0 Å². The number of amides is 1. The normalized spacial score (nSPS) is 15.5. The Labute approximate surface area is 159 Å². The average Bonchev–Trinajstić information content (AvgIpc) is 2.66. The van der Waals surface area contributed by atoms with E-state index in [0.29, 0.717) is 5.56 Å². The van der Waals surface area contributed by atoms with E-state index in [0.717, 1.165) is 0 Å². The summed E-state index contributed by atoms with van der Waals surface area (Å²) >= 11 is 0. The highest BCUT2D eigenvalue weighted by Crippen LogP contribution is 2.20. The highest BCUT2D eigenvalue weighted by molar-refractivity contribution is 5.97. The molecule has 1 N–H and O–H groups in total. The van der Waals surface area contributed by atoms with Crippen LogP contribution in [0.3, 0.4) is 0 Å². The van der Waals surface area contributed by atoms with Gasteiger partial charge < -0.3 is 9.47 Å². The van der Waals surface area contributed by atoms with E-state index in [4.69, 9.17) is 4.74 Å². The van der Waals surface area contributed by atoms with Gasteiger partial charge in [-0.1, -0.05) is 0 Å². The van der Waals surface area contributed by atoms with Gasteiger partial charge in [0.05, 0.1) is 24.5 Å². The van der Waals surface area contributed by atoms with E-state index in [1.807, 2.05) is 0 Å². The van der Waals surface area contributed by atoms with Crippen LogP contribution in [0.5, 0.6) is 0 Å². The van der Waals surface area contributed by atoms with Gasteiger partial charge in [-0.25, -0.2) is 5.43 Å². The molecule has 0 aromatic heterocycles. The molecule has 1 saturated heterocycles. The van der Waals surface area contributed by atoms with Gasteiger partial charge in [0.15, 0.2) is 0 Å². The molecule has 0 spiro atoms. The van der Waals surface area contributed by atoms with E-state index < -0.39 is 35.1 Å². The molecule has 1 aromatic carbocycles. The van der Waals surface area contributed by atoms with Crippen LogP contribution in [0.15, 0.2) is 24.3 Å². The molecule has 1 atom stereocenters. The Balaban J connectivity index is 1.73. The maximum Gasteiger partial charge on any atom is 0.321 e. The number of rotatable bonds is 10. The first kappa shape index (κ1) is 21.0. The second-order valence-electron chi connectivity index (χ2n) is 6.04. The summed E-state index contributed by atoms with van der Waals surface area (Å²) in [6.07, 6.45) is -0.368. The number of hydrazine groups is 1. The number of nitro groups is 1. The molecule has 0 radical (unpaired) electrons. The molecule has 1 aliphatic rings. The van der Waals surface area contributed by atoms with Gasteiger partial charge in [-0.3, -0.25) is 34.3 Å². The van der Waals surface area contributed by atoms with Gasteiger partial charge in [-0.2, -0.15) is 0 Å². The summed E-state index contributed by atoms with van der Waals surface area (Å²) in [4.78, 5) is 56.5. The van der Waals surface area contributed by atoms with Gasteiger partial charge >= 0.3 is 11.9 Å². The van der Waals surface area contributed by atoms with Crippen molar-refractivity contribution in [3.63, 3.8) is 0 Å². The molecule has 1 aromatic rings. The monoisotopic (exact) mass is 393 g/mol. The number of methoxy groups -OCH3 is 1. The Bertz CT molecular complexity index is 777. The van der Waals surface area contributed by atoms with Crippen molar-refractivity contribution < 1.29 is 33.6 Å². The summed E-state index contributed by atoms with van der Waals surface area (Å²) in [6.45, 7) is -0.316. The second kappa shape index (κ2) is 9.55. The number of Topliss-reactive ketones (excluding diaryl/α,β-unsaturated/α-hetero) is 1. The fraction of sp³-hybridized carbons (Fsp3) is 0.412. The molecule has 0 aliphatic carbocycles. The van der Waals surface area contributed by atoms with Gasteiger partial charge in [-0.15, -0.1) is 0 Å². The topological polar surface area (TPSA) is 145 Å². The SMILES string of the molecule is COC(=O)CNN1C(=O)CC1CC(=O)CC(=O)OCc1ccc([N+](=O)[O-])cc1. The number of benzene rings is 1. The third kappa shape index (κ3) is 5.84. The van der Waals surface area contributed by atoms with Crippen molar-refractivity contribution in [3.05, 3.63) is 39.9 Å². The molecule has 1 fully saturated rings. The number of hydrogen-bond acceptors (Lipinski definition) is 9. The molecular weight excluding hydrogens is 374 g/mol. The summed E-state index contributed by atoms with van der Waals surface area (Å²) in [7, 11) is 1.21. The lowest BCUT2D eigenvalue weighted by molar-refractivity contribution is -0.384. The summed E-state index contributed by atoms with van der Waals surface area (Å²) in [5.41, 5.74) is 3.05. The molecule has 11 heteroatoms. The Kier molecular flexibility index (Phi) is 7.15. The summed E-state index contributed by atoms with van der Waals surface area (Å²) in [6, 6.07) is 5.05. The lowest BCUT2D eigenvalue weighted by Crippen LogP contribution is -2.60. The molecule has 1 amide bonds. The molecule has 28 heavy (non-hydrogen) atoms. The number of ether oxygens (including phenoxy) is 2. The lowest BCUT2D eigenvalue weighted by atomic mass is 9.97. The number of nitrogens with one attached hydrogen (secondary N) is 1. The van der Waals surface area contributed by atoms with Crippen molar-refractivity contribution in [2.75, 3.05) is 13.7 Å². The van der Waals surface area contributed by atoms with Crippen LogP contribution in [0.1, 0.15) is 24.8 Å². The molecule has 2 rings (SSSR count). The Morgan fingerprint density at radius 3 is 2.50 bits per heavy atom. The summed E-state index contributed by atoms with van der Waals surface area (Å²) < 4.78 is 9.44. The van der Waals surface area contributed by atoms with Gasteiger partial charge in [0.2, 0.25) is 5.91 Å². The number of nitrogens with zero attached hydrogens (tertiary/aromatic N) is 2. The third-order valence-corrected chi connectivity index (χ3v) is 4.02. The summed E-state index contributed by atoms with van der Waals surface area (Å²) in [5, 5.41) is 11.8. The molecule has 1 heterocycles. The summed E-state index contributed by atoms with van der Waals surface area (Å²) in [5.74, 6) is -1.96. The van der Waals surface area contributed by atoms with Crippen molar-refractivity contribution in [1.82, 2.24) is 10.4 Å². The van der Waals surface area contributed by atoms with Crippen LogP contribution in [-0.2, 0) is 35.3 Å². The lowest BCUT2D eigenvalue weighted by Gasteiger charge is -2.39. The van der Waals surface area contributed by atoms with Gasteiger partial charge in [-0.05, 0) is 17.7 Å². The molecule has 0 bridgehead atoms. The van der Waals surface area contributed by atoms with Crippen molar-refractivity contribution in [2.24, 2.45) is 0 Å². The molecular formula is C17H19N3O8.